The van der Waals surface area contributed by atoms with Crippen molar-refractivity contribution in [3.05, 3.63) is 0 Å². The van der Waals surface area contributed by atoms with Crippen molar-refractivity contribution in [2.75, 3.05) is 6.54 Å². The summed E-state index contributed by atoms with van der Waals surface area (Å²) in [5, 5.41) is 8.65. The molecule has 1 aliphatic rings. The molecule has 0 saturated carbocycles. The first kappa shape index (κ1) is 14.0. The summed E-state index contributed by atoms with van der Waals surface area (Å²) in [6, 6.07) is -0.647. The molecule has 0 aromatic heterocycles. The van der Waals surface area contributed by atoms with E-state index in [0.717, 1.165) is 38.6 Å². The van der Waals surface area contributed by atoms with Gasteiger partial charge in [-0.15, -0.1) is 0 Å². The van der Waals surface area contributed by atoms with Gasteiger partial charge in [-0.05, 0) is 25.7 Å². The van der Waals surface area contributed by atoms with Crippen molar-refractivity contribution in [3.8, 4) is 0 Å². The summed E-state index contributed by atoms with van der Waals surface area (Å²) < 4.78 is 0. The van der Waals surface area contributed by atoms with Crippen molar-refractivity contribution in [2.45, 2.75) is 57.5 Å². The zero-order chi connectivity index (χ0) is 12.8. The lowest BCUT2D eigenvalue weighted by atomic mass is 9.97. The summed E-state index contributed by atoms with van der Waals surface area (Å²) in [6.07, 6.45) is 4.87. The summed E-state index contributed by atoms with van der Waals surface area (Å²) in [6.45, 7) is 2.81. The Labute approximate surface area is 102 Å². The quantitative estimate of drug-likeness (QED) is 0.752. The molecule has 17 heavy (non-hydrogen) atoms. The highest BCUT2D eigenvalue weighted by atomic mass is 16.4. The van der Waals surface area contributed by atoms with Crippen LogP contribution in [0.5, 0.6) is 0 Å². The predicted molar refractivity (Wildman–Crippen MR) is 64.5 cm³/mol. The van der Waals surface area contributed by atoms with E-state index in [1.165, 1.54) is 0 Å². The van der Waals surface area contributed by atoms with Crippen molar-refractivity contribution in [3.63, 3.8) is 0 Å². The fourth-order valence-electron chi connectivity index (χ4n) is 2.41. The maximum Gasteiger partial charge on any atom is 0.305 e. The number of hydrogen-bond acceptors (Lipinski definition) is 3. The van der Waals surface area contributed by atoms with Crippen LogP contribution in [0.2, 0.25) is 0 Å². The zero-order valence-corrected chi connectivity index (χ0v) is 10.4. The molecule has 98 valence electrons. The molecule has 0 bridgehead atoms. The largest absolute Gasteiger partial charge is 0.481 e. The average Bonchev–Trinajstić information content (AvgIpc) is 2.28. The van der Waals surface area contributed by atoms with Gasteiger partial charge < -0.3 is 15.7 Å². The second-order valence-electron chi connectivity index (χ2n) is 4.67. The van der Waals surface area contributed by atoms with E-state index in [2.05, 4.69) is 6.92 Å². The highest BCUT2D eigenvalue weighted by molar-refractivity contribution is 5.86. The Morgan fingerprint density at radius 1 is 1.47 bits per heavy atom. The van der Waals surface area contributed by atoms with Gasteiger partial charge in [0.2, 0.25) is 5.91 Å². The van der Waals surface area contributed by atoms with Crippen molar-refractivity contribution >= 4 is 11.9 Å². The fourth-order valence-corrected chi connectivity index (χ4v) is 2.41. The summed E-state index contributed by atoms with van der Waals surface area (Å²) in [7, 11) is 0. The molecule has 5 heteroatoms. The van der Waals surface area contributed by atoms with Gasteiger partial charge in [-0.25, -0.2) is 0 Å². The van der Waals surface area contributed by atoms with Crippen LogP contribution >= 0.6 is 0 Å². The number of aliphatic carboxylic acids is 1. The first-order valence-corrected chi connectivity index (χ1v) is 6.34. The van der Waals surface area contributed by atoms with E-state index in [9.17, 15) is 9.59 Å². The van der Waals surface area contributed by atoms with Crippen LogP contribution in [0.3, 0.4) is 0 Å². The Kier molecular flexibility index (Phi) is 5.41. The standard InChI is InChI=1S/C12H22N2O3/c1-2-5-9-6-3-4-7-14(9)12(17)10(13)8-11(15)16/h9-10H,2-8,13H2,1H3,(H,15,16). The van der Waals surface area contributed by atoms with Gasteiger partial charge in [-0.1, -0.05) is 13.3 Å². The number of piperidine rings is 1. The number of amides is 1. The second kappa shape index (κ2) is 6.59. The SMILES string of the molecule is CCCC1CCCCN1C(=O)C(N)CC(=O)O. The molecule has 5 nitrogen and oxygen atoms in total. The average molecular weight is 242 g/mol. The van der Waals surface area contributed by atoms with Gasteiger partial charge in [-0.2, -0.15) is 0 Å². The molecule has 0 aliphatic carbocycles. The van der Waals surface area contributed by atoms with Crippen LogP contribution in [0.4, 0.5) is 0 Å². The molecule has 1 fully saturated rings. The number of carboxylic acid groups (broad SMARTS) is 1. The summed E-state index contributed by atoms with van der Waals surface area (Å²) >= 11 is 0. The topological polar surface area (TPSA) is 83.6 Å². The Balaban J connectivity index is 2.60. The minimum atomic E-state index is -1.02. The minimum Gasteiger partial charge on any atom is -0.481 e. The van der Waals surface area contributed by atoms with E-state index < -0.39 is 12.0 Å². The lowest BCUT2D eigenvalue weighted by Crippen LogP contribution is -2.51. The molecular weight excluding hydrogens is 220 g/mol. The molecule has 2 unspecified atom stereocenters. The third kappa shape index (κ3) is 4.00. The lowest BCUT2D eigenvalue weighted by molar-refractivity contribution is -0.143. The monoisotopic (exact) mass is 242 g/mol. The van der Waals surface area contributed by atoms with E-state index in [4.69, 9.17) is 10.8 Å². The van der Waals surface area contributed by atoms with Gasteiger partial charge in [0, 0.05) is 12.6 Å². The highest BCUT2D eigenvalue weighted by Crippen LogP contribution is 2.21. The Morgan fingerprint density at radius 2 is 2.18 bits per heavy atom. The van der Waals surface area contributed by atoms with Gasteiger partial charge in [0.1, 0.15) is 0 Å². The van der Waals surface area contributed by atoms with Crippen LogP contribution in [0.25, 0.3) is 0 Å². The smallest absolute Gasteiger partial charge is 0.305 e. The molecule has 1 heterocycles. The third-order valence-electron chi connectivity index (χ3n) is 3.24. The Bertz CT molecular complexity index is 279. The van der Waals surface area contributed by atoms with Crippen LogP contribution in [0, 0.1) is 0 Å². The molecule has 3 N–H and O–H groups in total. The molecule has 1 saturated heterocycles. The highest BCUT2D eigenvalue weighted by Gasteiger charge is 2.30. The minimum absolute atomic E-state index is 0.203. The van der Waals surface area contributed by atoms with E-state index >= 15 is 0 Å². The Hall–Kier alpha value is -1.10. The van der Waals surface area contributed by atoms with Gasteiger partial charge >= 0.3 is 5.97 Å². The predicted octanol–water partition coefficient (Wildman–Crippen LogP) is 0.970. The summed E-state index contributed by atoms with van der Waals surface area (Å²) in [4.78, 5) is 24.4. The molecular formula is C12H22N2O3. The molecule has 2 atom stereocenters. The van der Waals surface area contributed by atoms with Crippen molar-refractivity contribution < 1.29 is 14.7 Å². The maximum absolute atomic E-state index is 12.1. The fraction of sp³-hybridized carbons (Fsp3) is 0.833. The van der Waals surface area contributed by atoms with Crippen LogP contribution in [0.1, 0.15) is 45.4 Å². The normalized spacial score (nSPS) is 22.2. The number of rotatable bonds is 5. The number of nitrogens with zero attached hydrogens (tertiary/aromatic N) is 1. The number of likely N-dealkylation sites (tertiary alicyclic amines) is 1. The summed E-state index contributed by atoms with van der Waals surface area (Å²) in [5.41, 5.74) is 5.64. The van der Waals surface area contributed by atoms with E-state index in [1.54, 1.807) is 4.90 Å². The molecule has 1 amide bonds. The van der Waals surface area contributed by atoms with Gasteiger partial charge in [0.05, 0.1) is 12.5 Å². The van der Waals surface area contributed by atoms with Crippen molar-refractivity contribution in [1.29, 1.82) is 0 Å². The zero-order valence-electron chi connectivity index (χ0n) is 10.4. The number of carboxylic acids is 1. The van der Waals surface area contributed by atoms with Gasteiger partial charge in [0.15, 0.2) is 0 Å². The second-order valence-corrected chi connectivity index (χ2v) is 4.67. The van der Waals surface area contributed by atoms with Crippen molar-refractivity contribution in [1.82, 2.24) is 4.90 Å². The van der Waals surface area contributed by atoms with Crippen molar-refractivity contribution in [2.24, 2.45) is 5.73 Å². The van der Waals surface area contributed by atoms with Gasteiger partial charge in [0.25, 0.3) is 0 Å². The van der Waals surface area contributed by atoms with Gasteiger partial charge in [-0.3, -0.25) is 9.59 Å². The third-order valence-corrected chi connectivity index (χ3v) is 3.24. The molecule has 1 aliphatic heterocycles. The number of carbonyl (C=O) groups is 2. The first-order chi connectivity index (χ1) is 8.06. The molecule has 0 spiro atoms. The van der Waals surface area contributed by atoms with Crippen LogP contribution in [-0.4, -0.2) is 40.5 Å². The van der Waals surface area contributed by atoms with E-state index in [-0.39, 0.29) is 18.4 Å². The molecule has 0 aromatic rings. The van der Waals surface area contributed by atoms with E-state index in [1.807, 2.05) is 0 Å². The lowest BCUT2D eigenvalue weighted by Gasteiger charge is -2.37. The molecule has 1 rings (SSSR count). The molecule has 0 radical (unpaired) electrons. The maximum atomic E-state index is 12.1. The summed E-state index contributed by atoms with van der Waals surface area (Å²) in [5.74, 6) is -1.22. The number of nitrogens with two attached hydrogens (primary N) is 1. The van der Waals surface area contributed by atoms with E-state index in [0.29, 0.717) is 0 Å². The number of hydrogen-bond donors (Lipinski definition) is 2. The first-order valence-electron chi connectivity index (χ1n) is 6.34. The van der Waals surface area contributed by atoms with Crippen LogP contribution in [-0.2, 0) is 9.59 Å². The van der Waals surface area contributed by atoms with Crippen LogP contribution < -0.4 is 5.73 Å². The molecule has 0 aromatic carbocycles. The van der Waals surface area contributed by atoms with Crippen LogP contribution in [0.15, 0.2) is 0 Å². The Morgan fingerprint density at radius 3 is 2.76 bits per heavy atom. The number of carbonyl (C=O) groups excluding carboxylic acids is 1.